The van der Waals surface area contributed by atoms with Crippen molar-refractivity contribution < 1.29 is 9.90 Å². The molecule has 0 saturated carbocycles. The van der Waals surface area contributed by atoms with Crippen molar-refractivity contribution in [3.05, 3.63) is 46.2 Å². The molecule has 0 radical (unpaired) electrons. The lowest BCUT2D eigenvalue weighted by molar-refractivity contribution is 0.0610. The number of benzene rings is 1. The number of carbonyl (C=O) groups is 1. The van der Waals surface area contributed by atoms with Gasteiger partial charge in [-0.15, -0.1) is 0 Å². The molecule has 0 unspecified atom stereocenters. The Labute approximate surface area is 249 Å². The molecule has 4 rings (SSSR count). The molecule has 0 spiro atoms. The van der Waals surface area contributed by atoms with Gasteiger partial charge in [0.15, 0.2) is 22.5 Å². The van der Waals surface area contributed by atoms with Crippen LogP contribution in [0.3, 0.4) is 0 Å². The van der Waals surface area contributed by atoms with E-state index < -0.39 is 5.91 Å². The number of piperidine rings is 1. The van der Waals surface area contributed by atoms with Crippen LogP contribution in [0.1, 0.15) is 68.6 Å². The zero-order valence-electron chi connectivity index (χ0n) is 24.8. The van der Waals surface area contributed by atoms with Gasteiger partial charge in [0.25, 0.3) is 5.91 Å². The predicted octanol–water partition coefficient (Wildman–Crippen LogP) is 3.40. The number of halogens is 1. The van der Waals surface area contributed by atoms with Gasteiger partial charge in [0, 0.05) is 55.8 Å². The van der Waals surface area contributed by atoms with Crippen molar-refractivity contribution in [2.45, 2.75) is 65.6 Å². The number of nitrogens with two attached hydrogens (primary N) is 1. The number of aliphatic hydroxyl groups excluding tert-OH is 1. The number of aromatic nitrogens is 2. The van der Waals surface area contributed by atoms with E-state index in [1.54, 1.807) is 0 Å². The highest BCUT2D eigenvalue weighted by Crippen LogP contribution is 2.30. The number of amides is 1. The van der Waals surface area contributed by atoms with E-state index in [1.807, 2.05) is 0 Å². The monoisotopic (exact) mass is 581 g/mol. The lowest BCUT2D eigenvalue weighted by Crippen LogP contribution is -2.58. The third kappa shape index (κ3) is 8.32. The van der Waals surface area contributed by atoms with E-state index in [0.717, 1.165) is 64.1 Å². The molecule has 2 aromatic rings. The Balaban J connectivity index is 1.31. The van der Waals surface area contributed by atoms with Gasteiger partial charge in [-0.1, -0.05) is 42.5 Å². The molecular formula is C31H44ClN7O2. The number of nitrogen functional groups attached to an aromatic ring is 1. The smallest absolute Gasteiger partial charge is 0.273 e. The van der Waals surface area contributed by atoms with Crippen LogP contribution in [0, 0.1) is 17.3 Å². The van der Waals surface area contributed by atoms with E-state index in [1.165, 1.54) is 5.56 Å². The third-order valence-corrected chi connectivity index (χ3v) is 8.00. The van der Waals surface area contributed by atoms with E-state index in [4.69, 9.17) is 22.4 Å². The number of nitrogens with one attached hydrogen (secondary N) is 1. The van der Waals surface area contributed by atoms with Crippen molar-refractivity contribution >= 4 is 29.1 Å². The summed E-state index contributed by atoms with van der Waals surface area (Å²) in [4.78, 5) is 28.3. The third-order valence-electron chi connectivity index (χ3n) is 7.74. The Morgan fingerprint density at radius 1 is 1.15 bits per heavy atom. The summed E-state index contributed by atoms with van der Waals surface area (Å²) in [6, 6.07) is 9.61. The highest BCUT2D eigenvalue weighted by Gasteiger charge is 2.34. The number of nitrogens with zero attached hydrogens (tertiary/aromatic N) is 5. The van der Waals surface area contributed by atoms with Crippen molar-refractivity contribution in [1.82, 2.24) is 25.1 Å². The highest BCUT2D eigenvalue weighted by atomic mass is 35.5. The maximum Gasteiger partial charge on any atom is 0.273 e. The molecule has 3 heterocycles. The summed E-state index contributed by atoms with van der Waals surface area (Å²) in [5, 5.41) is 11.7. The molecule has 9 nitrogen and oxygen atoms in total. The molecule has 1 aromatic carbocycles. The predicted molar refractivity (Wildman–Crippen MR) is 165 cm³/mol. The van der Waals surface area contributed by atoms with Crippen molar-refractivity contribution in [1.29, 1.82) is 0 Å². The molecule has 222 valence electrons. The zero-order chi connectivity index (χ0) is 29.6. The van der Waals surface area contributed by atoms with Crippen LogP contribution >= 0.6 is 11.6 Å². The molecule has 2 fully saturated rings. The zero-order valence-corrected chi connectivity index (χ0v) is 25.5. The van der Waals surface area contributed by atoms with Gasteiger partial charge in [0.05, 0.1) is 6.61 Å². The van der Waals surface area contributed by atoms with Gasteiger partial charge in [-0.2, -0.15) is 0 Å². The molecule has 10 heteroatoms. The number of hydrogen-bond acceptors (Lipinski definition) is 8. The molecule has 2 aliphatic heterocycles. The summed E-state index contributed by atoms with van der Waals surface area (Å²) in [5.74, 6) is 6.65. The van der Waals surface area contributed by atoms with Crippen LogP contribution in [-0.2, 0) is 6.54 Å². The van der Waals surface area contributed by atoms with Crippen LogP contribution in [0.4, 0.5) is 11.6 Å². The number of anilines is 2. The van der Waals surface area contributed by atoms with Crippen LogP contribution in [0.5, 0.6) is 0 Å². The summed E-state index contributed by atoms with van der Waals surface area (Å²) in [7, 11) is 0. The lowest BCUT2D eigenvalue weighted by Gasteiger charge is -2.47. The quantitative estimate of drug-likeness (QED) is 0.407. The fraction of sp³-hybridized carbons (Fsp3) is 0.581. The first-order valence-electron chi connectivity index (χ1n) is 14.6. The second-order valence-corrected chi connectivity index (χ2v) is 12.4. The standard InChI is InChI=1S/C31H44ClN7O2/c1-5-24-21-38(29-27(32)35-26(28(33)36-29)30(41)34-14-19-40)17-18-39(24)25-11-15-37(16-12-25)20-23-8-6-22(7-9-23)10-13-31(2,3)4/h6-9,24-25,40H,5,11-12,14-21H2,1-4H3,(H2,33,36)(H,34,41)/t24-/m0/s1. The van der Waals surface area contributed by atoms with Crippen LogP contribution in [0.25, 0.3) is 0 Å². The average Bonchev–Trinajstić information content (AvgIpc) is 2.96. The average molecular weight is 582 g/mol. The topological polar surface area (TPSA) is 111 Å². The number of aliphatic hydroxyl groups is 1. The van der Waals surface area contributed by atoms with Crippen LogP contribution in [-0.4, -0.2) is 88.7 Å². The molecular weight excluding hydrogens is 538 g/mol. The molecule has 1 aromatic heterocycles. The van der Waals surface area contributed by atoms with Gasteiger partial charge in [-0.3, -0.25) is 14.6 Å². The first kappa shape index (κ1) is 31.0. The van der Waals surface area contributed by atoms with E-state index in [9.17, 15) is 4.79 Å². The van der Waals surface area contributed by atoms with Crippen molar-refractivity contribution in [3.63, 3.8) is 0 Å². The second kappa shape index (κ2) is 13.8. The van der Waals surface area contributed by atoms with Gasteiger partial charge < -0.3 is 21.1 Å². The second-order valence-electron chi connectivity index (χ2n) is 12.0. The first-order valence-corrected chi connectivity index (χ1v) is 15.0. The molecule has 41 heavy (non-hydrogen) atoms. The Hall–Kier alpha value is -2.90. The Bertz CT molecular complexity index is 1240. The van der Waals surface area contributed by atoms with Gasteiger partial charge in [0.1, 0.15) is 0 Å². The lowest BCUT2D eigenvalue weighted by atomic mass is 9.97. The van der Waals surface area contributed by atoms with Crippen molar-refractivity contribution in [2.75, 3.05) is 56.5 Å². The van der Waals surface area contributed by atoms with Gasteiger partial charge in [0.2, 0.25) is 0 Å². The fourth-order valence-electron chi connectivity index (χ4n) is 5.57. The molecule has 1 atom stereocenters. The normalized spacial score (nSPS) is 19.1. The van der Waals surface area contributed by atoms with Gasteiger partial charge in [-0.05, 0) is 70.8 Å². The largest absolute Gasteiger partial charge is 0.395 e. The number of likely N-dealkylation sites (tertiary alicyclic amines) is 1. The fourth-order valence-corrected chi connectivity index (χ4v) is 5.81. The van der Waals surface area contributed by atoms with Gasteiger partial charge >= 0.3 is 0 Å². The molecule has 2 saturated heterocycles. The maximum atomic E-state index is 12.3. The maximum absolute atomic E-state index is 12.3. The molecule has 4 N–H and O–H groups in total. The minimum Gasteiger partial charge on any atom is -0.395 e. The summed E-state index contributed by atoms with van der Waals surface area (Å²) in [6.07, 6.45) is 3.32. The molecule has 2 aliphatic rings. The Morgan fingerprint density at radius 3 is 2.49 bits per heavy atom. The number of hydrogen-bond donors (Lipinski definition) is 3. The number of rotatable bonds is 8. The highest BCUT2D eigenvalue weighted by molar-refractivity contribution is 6.32. The molecule has 0 bridgehead atoms. The Kier molecular flexibility index (Phi) is 10.5. The van der Waals surface area contributed by atoms with Crippen LogP contribution in [0.2, 0.25) is 5.15 Å². The molecule has 0 aliphatic carbocycles. The van der Waals surface area contributed by atoms with Crippen molar-refractivity contribution in [2.24, 2.45) is 5.41 Å². The van der Waals surface area contributed by atoms with Crippen LogP contribution in [0.15, 0.2) is 24.3 Å². The number of piperazine rings is 1. The van der Waals surface area contributed by atoms with E-state index in [-0.39, 0.29) is 35.2 Å². The number of carbonyl (C=O) groups excluding carboxylic acids is 1. The van der Waals surface area contributed by atoms with Crippen LogP contribution < -0.4 is 16.0 Å². The minimum atomic E-state index is -0.498. The minimum absolute atomic E-state index is 0.00780. The van der Waals surface area contributed by atoms with E-state index in [0.29, 0.717) is 17.9 Å². The van der Waals surface area contributed by atoms with Gasteiger partial charge in [-0.25, -0.2) is 9.97 Å². The Morgan fingerprint density at radius 2 is 1.85 bits per heavy atom. The SMILES string of the molecule is CC[C@H]1CN(c2nc(N)c(C(=O)NCCO)nc2Cl)CCN1C1CCN(Cc2ccc(C#CC(C)(C)C)cc2)CC1. The van der Waals surface area contributed by atoms with Crippen molar-refractivity contribution in [3.8, 4) is 11.8 Å². The summed E-state index contributed by atoms with van der Waals surface area (Å²) >= 11 is 6.49. The summed E-state index contributed by atoms with van der Waals surface area (Å²) in [6.45, 7) is 14.2. The summed E-state index contributed by atoms with van der Waals surface area (Å²) in [5.41, 5.74) is 8.47. The summed E-state index contributed by atoms with van der Waals surface area (Å²) < 4.78 is 0. The first-order chi connectivity index (χ1) is 19.6. The van der Waals surface area contributed by atoms with E-state index in [2.05, 4.69) is 93.8 Å². The van der Waals surface area contributed by atoms with E-state index >= 15 is 0 Å². The molecule has 1 amide bonds.